The predicted octanol–water partition coefficient (Wildman–Crippen LogP) is 2.41. The maximum absolute atomic E-state index is 12.2. The van der Waals surface area contributed by atoms with Gasteiger partial charge in [0.25, 0.3) is 11.8 Å². The predicted molar refractivity (Wildman–Crippen MR) is 94.3 cm³/mol. The summed E-state index contributed by atoms with van der Waals surface area (Å²) < 4.78 is 0. The molecule has 0 bridgehead atoms. The topological polar surface area (TPSA) is 71.1 Å². The summed E-state index contributed by atoms with van der Waals surface area (Å²) >= 11 is 1.64. The van der Waals surface area contributed by atoms with E-state index in [0.29, 0.717) is 24.2 Å². The highest BCUT2D eigenvalue weighted by atomic mass is 32.2. The van der Waals surface area contributed by atoms with Gasteiger partial charge in [-0.1, -0.05) is 19.1 Å². The van der Waals surface area contributed by atoms with E-state index in [0.717, 1.165) is 28.3 Å². The Morgan fingerprint density at radius 3 is 2.96 bits per heavy atom. The monoisotopic (exact) mass is 341 g/mol. The van der Waals surface area contributed by atoms with Crippen LogP contribution in [0.5, 0.6) is 0 Å². The number of fused-ring (bicyclic) bond motifs is 1. The van der Waals surface area contributed by atoms with Crippen molar-refractivity contribution < 1.29 is 9.59 Å². The summed E-state index contributed by atoms with van der Waals surface area (Å²) in [5, 5.41) is 6.62. The first-order chi connectivity index (χ1) is 11.7. The molecule has 1 aromatic heterocycles. The molecule has 3 rings (SSSR count). The Balaban J connectivity index is 1.64. The molecule has 2 heterocycles. The molecule has 0 spiro atoms. The SMILES string of the molecule is CCSc1ccc(C(=O)NCc2ccc3c(c2)C(=O)NCC3)cn1. The van der Waals surface area contributed by atoms with E-state index < -0.39 is 0 Å². The van der Waals surface area contributed by atoms with E-state index in [1.54, 1.807) is 24.0 Å². The number of carbonyl (C=O) groups excluding carboxylic acids is 2. The van der Waals surface area contributed by atoms with Crippen LogP contribution in [0, 0.1) is 0 Å². The molecular weight excluding hydrogens is 322 g/mol. The van der Waals surface area contributed by atoms with Crippen LogP contribution in [-0.2, 0) is 13.0 Å². The zero-order chi connectivity index (χ0) is 16.9. The Hall–Kier alpha value is -2.34. The quantitative estimate of drug-likeness (QED) is 0.819. The van der Waals surface area contributed by atoms with Crippen molar-refractivity contribution in [1.82, 2.24) is 15.6 Å². The highest BCUT2D eigenvalue weighted by Crippen LogP contribution is 2.17. The third-order valence-corrected chi connectivity index (χ3v) is 4.67. The van der Waals surface area contributed by atoms with Crippen LogP contribution >= 0.6 is 11.8 Å². The molecule has 0 saturated carbocycles. The summed E-state index contributed by atoms with van der Waals surface area (Å²) in [6.45, 7) is 3.12. The van der Waals surface area contributed by atoms with Crippen molar-refractivity contribution in [2.75, 3.05) is 12.3 Å². The van der Waals surface area contributed by atoms with Gasteiger partial charge in [-0.25, -0.2) is 4.98 Å². The number of amides is 2. The van der Waals surface area contributed by atoms with Crippen molar-refractivity contribution >= 4 is 23.6 Å². The lowest BCUT2D eigenvalue weighted by Crippen LogP contribution is -2.32. The smallest absolute Gasteiger partial charge is 0.253 e. The van der Waals surface area contributed by atoms with E-state index in [1.807, 2.05) is 24.3 Å². The van der Waals surface area contributed by atoms with Crippen LogP contribution < -0.4 is 10.6 Å². The van der Waals surface area contributed by atoms with Gasteiger partial charge in [-0.05, 0) is 41.5 Å². The molecule has 0 aliphatic carbocycles. The first-order valence-electron chi connectivity index (χ1n) is 7.94. The molecule has 24 heavy (non-hydrogen) atoms. The second kappa shape index (κ2) is 7.49. The van der Waals surface area contributed by atoms with E-state index in [4.69, 9.17) is 0 Å². The van der Waals surface area contributed by atoms with Gasteiger partial charge in [0, 0.05) is 24.8 Å². The van der Waals surface area contributed by atoms with Gasteiger partial charge in [0.15, 0.2) is 0 Å². The number of nitrogens with zero attached hydrogens (tertiary/aromatic N) is 1. The molecule has 124 valence electrons. The van der Waals surface area contributed by atoms with Crippen molar-refractivity contribution in [3.05, 3.63) is 58.8 Å². The van der Waals surface area contributed by atoms with E-state index in [2.05, 4.69) is 22.5 Å². The zero-order valence-corrected chi connectivity index (χ0v) is 14.3. The molecule has 2 N–H and O–H groups in total. The average Bonchev–Trinajstić information content (AvgIpc) is 2.61. The fourth-order valence-corrected chi connectivity index (χ4v) is 3.19. The Bertz CT molecular complexity index is 759. The van der Waals surface area contributed by atoms with E-state index in [1.165, 1.54) is 0 Å². The maximum atomic E-state index is 12.2. The number of benzene rings is 1. The molecule has 1 aromatic carbocycles. The number of rotatable bonds is 5. The Morgan fingerprint density at radius 2 is 2.21 bits per heavy atom. The molecule has 6 heteroatoms. The lowest BCUT2D eigenvalue weighted by molar-refractivity contribution is 0.0942. The highest BCUT2D eigenvalue weighted by molar-refractivity contribution is 7.99. The molecule has 1 aliphatic heterocycles. The molecule has 0 saturated heterocycles. The summed E-state index contributed by atoms with van der Waals surface area (Å²) in [6.07, 6.45) is 2.44. The van der Waals surface area contributed by atoms with Crippen LogP contribution in [0.15, 0.2) is 41.6 Å². The largest absolute Gasteiger partial charge is 0.352 e. The first kappa shape index (κ1) is 16.5. The van der Waals surface area contributed by atoms with Crippen LogP contribution in [-0.4, -0.2) is 29.1 Å². The fraction of sp³-hybridized carbons (Fsp3) is 0.278. The van der Waals surface area contributed by atoms with Gasteiger partial charge in [0.2, 0.25) is 0 Å². The third kappa shape index (κ3) is 3.76. The maximum Gasteiger partial charge on any atom is 0.253 e. The number of thioether (sulfide) groups is 1. The van der Waals surface area contributed by atoms with E-state index >= 15 is 0 Å². The van der Waals surface area contributed by atoms with Crippen LogP contribution in [0.4, 0.5) is 0 Å². The average molecular weight is 341 g/mol. The van der Waals surface area contributed by atoms with Crippen LogP contribution in [0.1, 0.15) is 38.8 Å². The van der Waals surface area contributed by atoms with Gasteiger partial charge in [-0.15, -0.1) is 11.8 Å². The van der Waals surface area contributed by atoms with E-state index in [9.17, 15) is 9.59 Å². The standard InChI is InChI=1S/C18H19N3O2S/c1-2-24-16-6-5-14(11-20-16)17(22)21-10-12-3-4-13-7-8-19-18(23)15(13)9-12/h3-6,9,11H,2,7-8,10H2,1H3,(H,19,23)(H,21,22). The molecule has 2 amide bonds. The molecule has 5 nitrogen and oxygen atoms in total. The van der Waals surface area contributed by atoms with Crippen molar-refractivity contribution in [2.45, 2.75) is 24.9 Å². The van der Waals surface area contributed by atoms with Gasteiger partial charge in [0.1, 0.15) is 0 Å². The minimum absolute atomic E-state index is 0.0439. The Kier molecular flexibility index (Phi) is 5.15. The fourth-order valence-electron chi connectivity index (χ4n) is 2.60. The minimum atomic E-state index is -0.169. The van der Waals surface area contributed by atoms with Gasteiger partial charge >= 0.3 is 0 Å². The summed E-state index contributed by atoms with van der Waals surface area (Å²) in [7, 11) is 0. The van der Waals surface area contributed by atoms with Crippen molar-refractivity contribution in [3.63, 3.8) is 0 Å². The van der Waals surface area contributed by atoms with Crippen LogP contribution in [0.3, 0.4) is 0 Å². The second-order valence-corrected chi connectivity index (χ2v) is 6.78. The van der Waals surface area contributed by atoms with Crippen LogP contribution in [0.25, 0.3) is 0 Å². The summed E-state index contributed by atoms with van der Waals surface area (Å²) in [6, 6.07) is 9.40. The second-order valence-electron chi connectivity index (χ2n) is 5.50. The molecule has 0 atom stereocenters. The minimum Gasteiger partial charge on any atom is -0.352 e. The van der Waals surface area contributed by atoms with Gasteiger partial charge < -0.3 is 10.6 Å². The molecule has 0 fully saturated rings. The summed E-state index contributed by atoms with van der Waals surface area (Å²) in [5.41, 5.74) is 3.20. The highest BCUT2D eigenvalue weighted by Gasteiger charge is 2.16. The number of pyridine rings is 1. The lowest BCUT2D eigenvalue weighted by atomic mass is 9.98. The van der Waals surface area contributed by atoms with Crippen molar-refractivity contribution in [2.24, 2.45) is 0 Å². The normalized spacial score (nSPS) is 13.1. The van der Waals surface area contributed by atoms with Crippen molar-refractivity contribution in [3.8, 4) is 0 Å². The zero-order valence-electron chi connectivity index (χ0n) is 13.5. The number of hydrogen-bond acceptors (Lipinski definition) is 4. The first-order valence-corrected chi connectivity index (χ1v) is 8.93. The number of nitrogens with one attached hydrogen (secondary N) is 2. The number of aromatic nitrogens is 1. The third-order valence-electron chi connectivity index (χ3n) is 3.84. The Morgan fingerprint density at radius 1 is 1.33 bits per heavy atom. The summed E-state index contributed by atoms with van der Waals surface area (Å²) in [4.78, 5) is 28.3. The van der Waals surface area contributed by atoms with Gasteiger partial charge in [-0.3, -0.25) is 9.59 Å². The lowest BCUT2D eigenvalue weighted by Gasteiger charge is -2.17. The Labute approximate surface area is 145 Å². The number of hydrogen-bond donors (Lipinski definition) is 2. The summed E-state index contributed by atoms with van der Waals surface area (Å²) in [5.74, 6) is 0.736. The molecular formula is C18H19N3O2S. The molecule has 0 radical (unpaired) electrons. The molecule has 0 unspecified atom stereocenters. The van der Waals surface area contributed by atoms with Crippen molar-refractivity contribution in [1.29, 1.82) is 0 Å². The van der Waals surface area contributed by atoms with Crippen LogP contribution in [0.2, 0.25) is 0 Å². The van der Waals surface area contributed by atoms with E-state index in [-0.39, 0.29) is 11.8 Å². The molecule has 2 aromatic rings. The van der Waals surface area contributed by atoms with Gasteiger partial charge in [-0.2, -0.15) is 0 Å². The number of carbonyl (C=O) groups is 2. The molecule has 1 aliphatic rings. The van der Waals surface area contributed by atoms with Gasteiger partial charge in [0.05, 0.1) is 10.6 Å².